The molecule has 0 amide bonds. The first-order chi connectivity index (χ1) is 8.42. The molecule has 0 saturated carbocycles. The Morgan fingerprint density at radius 2 is 1.39 bits per heavy atom. The van der Waals surface area contributed by atoms with Crippen LogP contribution in [-0.4, -0.2) is 51.0 Å². The predicted octanol–water partition coefficient (Wildman–Crippen LogP) is 0.769. The molecule has 0 atom stereocenters. The molecule has 0 unspecified atom stereocenters. The summed E-state index contributed by atoms with van der Waals surface area (Å²) in [5, 5.41) is -0.487. The summed E-state index contributed by atoms with van der Waals surface area (Å²) in [6.45, 7) is 1.21. The molecule has 2 aliphatic rings. The Balaban J connectivity index is 2.06. The lowest BCUT2D eigenvalue weighted by atomic mass is 10.2. The number of hydrogen-bond acceptors (Lipinski definition) is 4. The van der Waals surface area contributed by atoms with Crippen molar-refractivity contribution in [2.75, 3.05) is 24.6 Å². The van der Waals surface area contributed by atoms with Gasteiger partial charge in [0.15, 0.2) is 0 Å². The van der Waals surface area contributed by atoms with Crippen molar-refractivity contribution in [1.82, 2.24) is 4.31 Å². The van der Waals surface area contributed by atoms with Crippen molar-refractivity contribution in [3.05, 3.63) is 0 Å². The molecule has 0 aromatic heterocycles. The van der Waals surface area contributed by atoms with E-state index in [2.05, 4.69) is 0 Å². The van der Waals surface area contributed by atoms with E-state index >= 15 is 0 Å². The summed E-state index contributed by atoms with van der Waals surface area (Å²) in [7, 11) is -6.29. The van der Waals surface area contributed by atoms with Crippen LogP contribution in [0.3, 0.4) is 0 Å². The molecule has 106 valence electrons. The van der Waals surface area contributed by atoms with E-state index in [0.717, 1.165) is 25.7 Å². The van der Waals surface area contributed by atoms with Crippen LogP contribution in [0.5, 0.6) is 0 Å². The van der Waals surface area contributed by atoms with Crippen LogP contribution in [-0.2, 0) is 19.9 Å². The molecule has 0 aliphatic carbocycles. The molecule has 0 spiro atoms. The van der Waals surface area contributed by atoms with Crippen molar-refractivity contribution < 1.29 is 16.8 Å². The molecule has 7 heteroatoms. The smallest absolute Gasteiger partial charge is 0.217 e. The monoisotopic (exact) mass is 295 g/mol. The molecule has 0 bridgehead atoms. The molecular weight excluding hydrogens is 274 g/mol. The van der Waals surface area contributed by atoms with E-state index in [1.165, 1.54) is 0 Å². The highest BCUT2D eigenvalue weighted by Crippen LogP contribution is 2.24. The van der Waals surface area contributed by atoms with E-state index < -0.39 is 25.1 Å². The first-order valence-corrected chi connectivity index (χ1v) is 9.94. The summed E-state index contributed by atoms with van der Waals surface area (Å²) in [4.78, 5) is 0. The Kier molecular flexibility index (Phi) is 4.33. The first-order valence-electron chi connectivity index (χ1n) is 6.61. The van der Waals surface area contributed by atoms with Gasteiger partial charge in [-0.25, -0.2) is 21.1 Å². The minimum absolute atomic E-state index is 0.0186. The highest BCUT2D eigenvalue weighted by molar-refractivity contribution is 7.92. The minimum Gasteiger partial charge on any atom is -0.229 e. The second-order valence-electron chi connectivity index (χ2n) is 5.21. The second-order valence-corrected chi connectivity index (χ2v) is 9.73. The fraction of sp³-hybridized carbons (Fsp3) is 1.00. The lowest BCUT2D eigenvalue weighted by molar-refractivity contribution is 0.411. The Hall–Kier alpha value is -0.140. The van der Waals surface area contributed by atoms with Crippen LogP contribution >= 0.6 is 0 Å². The van der Waals surface area contributed by atoms with Gasteiger partial charge in [-0.05, 0) is 25.7 Å². The Labute approximate surface area is 110 Å². The Bertz CT molecular complexity index is 461. The number of sulfone groups is 1. The molecule has 0 radical (unpaired) electrons. The fourth-order valence-electron chi connectivity index (χ4n) is 2.67. The van der Waals surface area contributed by atoms with Gasteiger partial charge in [0.05, 0.1) is 16.8 Å². The van der Waals surface area contributed by atoms with Crippen LogP contribution in [0.2, 0.25) is 0 Å². The minimum atomic E-state index is -3.29. The van der Waals surface area contributed by atoms with Crippen LogP contribution in [0.15, 0.2) is 0 Å². The topological polar surface area (TPSA) is 71.5 Å². The molecule has 2 fully saturated rings. The van der Waals surface area contributed by atoms with Crippen LogP contribution in [0.25, 0.3) is 0 Å². The average Bonchev–Trinajstić information content (AvgIpc) is 2.57. The third kappa shape index (κ3) is 3.24. The van der Waals surface area contributed by atoms with Crippen molar-refractivity contribution in [3.63, 3.8) is 0 Å². The van der Waals surface area contributed by atoms with Gasteiger partial charge in [-0.15, -0.1) is 0 Å². The zero-order valence-electron chi connectivity index (χ0n) is 10.5. The van der Waals surface area contributed by atoms with E-state index in [9.17, 15) is 16.8 Å². The molecule has 0 N–H and O–H groups in total. The van der Waals surface area contributed by atoms with E-state index in [1.54, 1.807) is 4.31 Å². The zero-order chi connectivity index (χ0) is 13.2. The van der Waals surface area contributed by atoms with E-state index in [4.69, 9.17) is 0 Å². The fourth-order valence-corrected chi connectivity index (χ4v) is 6.48. The second kappa shape index (κ2) is 5.46. The Morgan fingerprint density at radius 1 is 0.889 bits per heavy atom. The number of nitrogens with zero attached hydrogens (tertiary/aromatic N) is 1. The quantitative estimate of drug-likeness (QED) is 0.754. The molecule has 0 aromatic rings. The molecule has 0 aromatic carbocycles. The third-order valence-electron chi connectivity index (χ3n) is 3.85. The highest BCUT2D eigenvalue weighted by Gasteiger charge is 2.36. The van der Waals surface area contributed by atoms with Crippen LogP contribution < -0.4 is 0 Å². The molecule has 2 heterocycles. The zero-order valence-corrected chi connectivity index (χ0v) is 12.2. The maximum Gasteiger partial charge on any atom is 0.217 e. The molecule has 5 nitrogen and oxygen atoms in total. The van der Waals surface area contributed by atoms with Gasteiger partial charge < -0.3 is 0 Å². The summed E-state index contributed by atoms with van der Waals surface area (Å²) in [6, 6.07) is 0. The van der Waals surface area contributed by atoms with Gasteiger partial charge in [-0.3, -0.25) is 0 Å². The van der Waals surface area contributed by atoms with Crippen LogP contribution in [0, 0.1) is 0 Å². The number of hydrogen-bond donors (Lipinski definition) is 0. The van der Waals surface area contributed by atoms with Gasteiger partial charge in [0.25, 0.3) is 0 Å². The maximum atomic E-state index is 12.4. The van der Waals surface area contributed by atoms with Crippen LogP contribution in [0.1, 0.15) is 38.5 Å². The van der Waals surface area contributed by atoms with E-state index in [1.807, 2.05) is 0 Å². The maximum absolute atomic E-state index is 12.4. The average molecular weight is 295 g/mol. The third-order valence-corrected chi connectivity index (χ3v) is 7.96. The van der Waals surface area contributed by atoms with Crippen LogP contribution in [0.4, 0.5) is 0 Å². The van der Waals surface area contributed by atoms with Gasteiger partial charge in [0, 0.05) is 13.1 Å². The largest absolute Gasteiger partial charge is 0.229 e. The van der Waals surface area contributed by atoms with Gasteiger partial charge in [-0.1, -0.05) is 12.8 Å². The van der Waals surface area contributed by atoms with Gasteiger partial charge in [0.1, 0.15) is 9.84 Å². The van der Waals surface area contributed by atoms with Crippen molar-refractivity contribution >= 4 is 19.9 Å². The SMILES string of the molecule is O=S1(=O)CCC(S(=O)(=O)N2CCCCCC2)CC1. The van der Waals surface area contributed by atoms with Crippen molar-refractivity contribution in [1.29, 1.82) is 0 Å². The lowest BCUT2D eigenvalue weighted by Crippen LogP contribution is -2.43. The van der Waals surface area contributed by atoms with Gasteiger partial charge in [-0.2, -0.15) is 0 Å². The molecule has 18 heavy (non-hydrogen) atoms. The first kappa shape index (κ1) is 14.3. The molecular formula is C11H21NO4S2. The molecule has 2 aliphatic heterocycles. The summed E-state index contributed by atoms with van der Waals surface area (Å²) in [6.07, 6.45) is 4.55. The van der Waals surface area contributed by atoms with Crippen molar-refractivity contribution in [3.8, 4) is 0 Å². The predicted molar refractivity (Wildman–Crippen MR) is 70.6 cm³/mol. The summed E-state index contributed by atoms with van der Waals surface area (Å²) in [5.41, 5.74) is 0. The Morgan fingerprint density at radius 3 is 1.89 bits per heavy atom. The summed E-state index contributed by atoms with van der Waals surface area (Å²) >= 11 is 0. The number of sulfonamides is 1. The van der Waals surface area contributed by atoms with E-state index in [-0.39, 0.29) is 24.3 Å². The molecule has 2 rings (SSSR count). The normalized spacial score (nSPS) is 27.8. The van der Waals surface area contributed by atoms with Crippen molar-refractivity contribution in [2.24, 2.45) is 0 Å². The van der Waals surface area contributed by atoms with Gasteiger partial charge in [0.2, 0.25) is 10.0 Å². The van der Waals surface area contributed by atoms with Crippen molar-refractivity contribution in [2.45, 2.75) is 43.8 Å². The summed E-state index contributed by atoms with van der Waals surface area (Å²) in [5.74, 6) is 0.0372. The standard InChI is InChI=1S/C11H21NO4S2/c13-17(14)9-5-11(6-10-17)18(15,16)12-7-3-1-2-4-8-12/h11H,1-10H2. The van der Waals surface area contributed by atoms with Gasteiger partial charge >= 0.3 is 0 Å². The lowest BCUT2D eigenvalue weighted by Gasteiger charge is -2.28. The summed E-state index contributed by atoms with van der Waals surface area (Å²) < 4.78 is 49.1. The highest BCUT2D eigenvalue weighted by atomic mass is 32.2. The van der Waals surface area contributed by atoms with E-state index in [0.29, 0.717) is 13.1 Å². The number of rotatable bonds is 2. The molecule has 2 saturated heterocycles.